The first-order valence-electron chi connectivity index (χ1n) is 13.5. The number of rotatable bonds is 10. The van der Waals surface area contributed by atoms with E-state index in [0.717, 1.165) is 68.7 Å². The van der Waals surface area contributed by atoms with E-state index in [0.29, 0.717) is 0 Å². The molecule has 0 bridgehead atoms. The van der Waals surface area contributed by atoms with E-state index in [4.69, 9.17) is 9.73 Å². The predicted octanol–water partition coefficient (Wildman–Crippen LogP) is 7.12. The number of benzene rings is 2. The van der Waals surface area contributed by atoms with E-state index in [1.54, 1.807) is 6.07 Å². The van der Waals surface area contributed by atoms with Crippen LogP contribution in [0.25, 0.3) is 0 Å². The standard InChI is InChI=1S/C30H39FN2O/c1-3-25-29(34-20-22-8-9-22)13-11-26-28(32-27(4-2)30(25)26)12-10-21-14-16-33(17-15-21)19-23-6-5-7-24(31)18-23/h5-7,11,13,18,21-22,27H,3-4,8-10,12,14-17,19-20H2,1-2H3. The van der Waals surface area contributed by atoms with E-state index in [1.807, 2.05) is 12.1 Å². The van der Waals surface area contributed by atoms with Crippen LogP contribution in [-0.4, -0.2) is 30.3 Å². The first-order chi connectivity index (χ1) is 16.6. The van der Waals surface area contributed by atoms with Crippen LogP contribution in [0.4, 0.5) is 4.39 Å². The number of halogens is 1. The van der Waals surface area contributed by atoms with Gasteiger partial charge in [-0.2, -0.15) is 0 Å². The van der Waals surface area contributed by atoms with Gasteiger partial charge in [0.15, 0.2) is 0 Å². The number of fused-ring (bicyclic) bond motifs is 1. The Morgan fingerprint density at radius 3 is 2.56 bits per heavy atom. The summed E-state index contributed by atoms with van der Waals surface area (Å²) >= 11 is 0. The molecule has 0 amide bonds. The van der Waals surface area contributed by atoms with E-state index in [2.05, 4.69) is 30.9 Å². The van der Waals surface area contributed by atoms with E-state index in [-0.39, 0.29) is 11.9 Å². The van der Waals surface area contributed by atoms with Crippen molar-refractivity contribution in [1.82, 2.24) is 4.90 Å². The van der Waals surface area contributed by atoms with Gasteiger partial charge in [-0.3, -0.25) is 9.89 Å². The van der Waals surface area contributed by atoms with Gasteiger partial charge in [0.05, 0.1) is 12.6 Å². The number of aliphatic imine (C=N–C) groups is 1. The molecule has 2 heterocycles. The van der Waals surface area contributed by atoms with Gasteiger partial charge in [-0.05, 0) is 117 Å². The lowest BCUT2D eigenvalue weighted by Gasteiger charge is -2.32. The summed E-state index contributed by atoms with van der Waals surface area (Å²) in [7, 11) is 0. The van der Waals surface area contributed by atoms with Crippen molar-refractivity contribution in [2.24, 2.45) is 16.8 Å². The third-order valence-electron chi connectivity index (χ3n) is 7.97. The first kappa shape index (κ1) is 23.5. The lowest BCUT2D eigenvalue weighted by atomic mass is 9.88. The van der Waals surface area contributed by atoms with E-state index < -0.39 is 0 Å². The van der Waals surface area contributed by atoms with Gasteiger partial charge in [0.25, 0.3) is 0 Å². The zero-order valence-electron chi connectivity index (χ0n) is 20.9. The van der Waals surface area contributed by atoms with Crippen LogP contribution in [0, 0.1) is 17.7 Å². The molecule has 3 nitrogen and oxygen atoms in total. The van der Waals surface area contributed by atoms with Crippen LogP contribution in [-0.2, 0) is 13.0 Å². The fourth-order valence-electron chi connectivity index (χ4n) is 5.75. The van der Waals surface area contributed by atoms with Crippen LogP contribution in [0.3, 0.4) is 0 Å². The van der Waals surface area contributed by atoms with Gasteiger partial charge >= 0.3 is 0 Å². The topological polar surface area (TPSA) is 24.8 Å². The van der Waals surface area contributed by atoms with Crippen molar-refractivity contribution >= 4 is 5.71 Å². The van der Waals surface area contributed by atoms with Crippen molar-refractivity contribution in [3.8, 4) is 5.75 Å². The SMILES string of the molecule is CCc1c(OCC2CC2)ccc2c1C(CC)N=C2CCC1CCN(Cc2cccc(F)c2)CC1. The molecule has 1 unspecified atom stereocenters. The molecule has 1 saturated carbocycles. The van der Waals surface area contributed by atoms with Crippen LogP contribution in [0.5, 0.6) is 5.75 Å². The molecular formula is C30H39FN2O. The van der Waals surface area contributed by atoms with Gasteiger partial charge in [0, 0.05) is 17.8 Å². The van der Waals surface area contributed by atoms with Crippen molar-refractivity contribution in [3.63, 3.8) is 0 Å². The lowest BCUT2D eigenvalue weighted by Crippen LogP contribution is -2.33. The zero-order valence-corrected chi connectivity index (χ0v) is 20.9. The molecule has 2 aromatic carbocycles. The number of hydrogen-bond donors (Lipinski definition) is 0. The molecule has 2 aliphatic heterocycles. The third kappa shape index (κ3) is 5.38. The second-order valence-corrected chi connectivity index (χ2v) is 10.5. The van der Waals surface area contributed by atoms with Gasteiger partial charge in [0.1, 0.15) is 11.6 Å². The molecule has 34 heavy (non-hydrogen) atoms. The first-order valence-corrected chi connectivity index (χ1v) is 13.5. The van der Waals surface area contributed by atoms with Crippen molar-refractivity contribution in [2.45, 2.75) is 77.8 Å². The monoisotopic (exact) mass is 462 g/mol. The summed E-state index contributed by atoms with van der Waals surface area (Å²) in [5.74, 6) is 2.48. The molecule has 1 atom stereocenters. The quantitative estimate of drug-likeness (QED) is 0.375. The number of nitrogens with zero attached hydrogens (tertiary/aromatic N) is 2. The molecule has 4 heteroatoms. The molecule has 2 aromatic rings. The average molecular weight is 463 g/mol. The summed E-state index contributed by atoms with van der Waals surface area (Å²) in [5.41, 5.74) is 6.60. The molecule has 3 aliphatic rings. The summed E-state index contributed by atoms with van der Waals surface area (Å²) in [6.45, 7) is 8.43. The second kappa shape index (κ2) is 10.6. The summed E-state index contributed by atoms with van der Waals surface area (Å²) in [6, 6.07) is 11.8. The summed E-state index contributed by atoms with van der Waals surface area (Å²) in [5, 5.41) is 0. The summed E-state index contributed by atoms with van der Waals surface area (Å²) in [4.78, 5) is 7.68. The molecule has 0 N–H and O–H groups in total. The van der Waals surface area contributed by atoms with Crippen molar-refractivity contribution < 1.29 is 9.13 Å². The van der Waals surface area contributed by atoms with Crippen molar-refractivity contribution in [3.05, 3.63) is 64.5 Å². The Hall–Kier alpha value is -2.20. The maximum atomic E-state index is 13.5. The number of hydrogen-bond acceptors (Lipinski definition) is 3. The molecule has 0 aromatic heterocycles. The molecule has 0 spiro atoms. The van der Waals surface area contributed by atoms with Gasteiger partial charge in [-0.1, -0.05) is 26.0 Å². The van der Waals surface area contributed by atoms with E-state index >= 15 is 0 Å². The normalized spacial score (nSPS) is 20.9. The van der Waals surface area contributed by atoms with Crippen LogP contribution in [0.15, 0.2) is 41.4 Å². The molecule has 1 saturated heterocycles. The Bertz CT molecular complexity index is 1020. The summed E-state index contributed by atoms with van der Waals surface area (Å²) < 4.78 is 19.7. The van der Waals surface area contributed by atoms with E-state index in [9.17, 15) is 4.39 Å². The molecule has 182 valence electrons. The predicted molar refractivity (Wildman–Crippen MR) is 137 cm³/mol. The smallest absolute Gasteiger partial charge is 0.123 e. The highest BCUT2D eigenvalue weighted by Gasteiger charge is 2.30. The Labute approximate surface area is 204 Å². The highest BCUT2D eigenvalue weighted by Crippen LogP contribution is 2.41. The minimum Gasteiger partial charge on any atom is -0.493 e. The van der Waals surface area contributed by atoms with Gasteiger partial charge in [-0.15, -0.1) is 0 Å². The Balaban J connectivity index is 1.18. The fourth-order valence-corrected chi connectivity index (χ4v) is 5.75. The maximum Gasteiger partial charge on any atom is 0.123 e. The molecular weight excluding hydrogens is 423 g/mol. The van der Waals surface area contributed by atoms with Crippen molar-refractivity contribution in [2.75, 3.05) is 19.7 Å². The maximum absolute atomic E-state index is 13.5. The largest absolute Gasteiger partial charge is 0.493 e. The van der Waals surface area contributed by atoms with Gasteiger partial charge in [0.2, 0.25) is 0 Å². The van der Waals surface area contributed by atoms with Crippen LogP contribution in [0.1, 0.15) is 87.1 Å². The number of piperidine rings is 1. The van der Waals surface area contributed by atoms with E-state index in [1.165, 1.54) is 60.6 Å². The Morgan fingerprint density at radius 1 is 1.03 bits per heavy atom. The van der Waals surface area contributed by atoms with Gasteiger partial charge in [-0.25, -0.2) is 4.39 Å². The Morgan fingerprint density at radius 2 is 1.85 bits per heavy atom. The highest BCUT2D eigenvalue weighted by molar-refractivity contribution is 6.04. The highest BCUT2D eigenvalue weighted by atomic mass is 19.1. The lowest BCUT2D eigenvalue weighted by molar-refractivity contribution is 0.173. The molecule has 2 fully saturated rings. The molecule has 5 rings (SSSR count). The minimum absolute atomic E-state index is 0.136. The van der Waals surface area contributed by atoms with Gasteiger partial charge < -0.3 is 4.74 Å². The Kier molecular flexibility index (Phi) is 7.34. The fraction of sp³-hybridized carbons (Fsp3) is 0.567. The number of likely N-dealkylation sites (tertiary alicyclic amines) is 1. The average Bonchev–Trinajstić information content (AvgIpc) is 3.61. The van der Waals surface area contributed by atoms with Crippen molar-refractivity contribution in [1.29, 1.82) is 0 Å². The zero-order chi connectivity index (χ0) is 23.5. The van der Waals surface area contributed by atoms with Crippen LogP contribution >= 0.6 is 0 Å². The molecule has 1 aliphatic carbocycles. The molecule has 0 radical (unpaired) electrons. The third-order valence-corrected chi connectivity index (χ3v) is 7.97. The summed E-state index contributed by atoms with van der Waals surface area (Å²) in [6.07, 6.45) is 9.43. The second-order valence-electron chi connectivity index (χ2n) is 10.5. The van der Waals surface area contributed by atoms with Crippen LogP contribution in [0.2, 0.25) is 0 Å². The van der Waals surface area contributed by atoms with Crippen LogP contribution < -0.4 is 4.74 Å². The number of ether oxygens (including phenoxy) is 1. The minimum atomic E-state index is -0.136.